The molecule has 2 aromatic carbocycles. The van der Waals surface area contributed by atoms with Crippen molar-refractivity contribution in [3.05, 3.63) is 59.7 Å². The topological polar surface area (TPSA) is 34.1 Å². The summed E-state index contributed by atoms with van der Waals surface area (Å²) < 4.78 is 25.6. The highest BCUT2D eigenvalue weighted by molar-refractivity contribution is 9.39. The monoisotopic (exact) mass is 742 g/mol. The molecule has 0 aliphatic carbocycles. The lowest BCUT2D eigenvalue weighted by Crippen LogP contribution is -2.14. The van der Waals surface area contributed by atoms with E-state index in [1.54, 1.807) is 24.3 Å². The molecular formula is C16H12Br6O2S. The van der Waals surface area contributed by atoms with Crippen LogP contribution in [0, 0.1) is 0 Å². The molecule has 0 spiro atoms. The molecule has 0 saturated carbocycles. The average molecular weight is 748 g/mol. The van der Waals surface area contributed by atoms with Crippen LogP contribution >= 0.6 is 95.6 Å². The Kier molecular flexibility index (Phi) is 7.89. The summed E-state index contributed by atoms with van der Waals surface area (Å²) in [7, 11) is -3.67. The van der Waals surface area contributed by atoms with Crippen molar-refractivity contribution < 1.29 is 8.42 Å². The summed E-state index contributed by atoms with van der Waals surface area (Å²) >= 11 is 20.7. The zero-order valence-corrected chi connectivity index (χ0v) is 22.9. The molecule has 9 heteroatoms. The maximum Gasteiger partial charge on any atom is 0.207 e. The Morgan fingerprint density at radius 2 is 0.960 bits per heavy atom. The molecule has 2 aromatic rings. The minimum absolute atomic E-state index is 0.300. The molecule has 0 aliphatic heterocycles. The third-order valence-electron chi connectivity index (χ3n) is 3.31. The number of hydrogen-bond donors (Lipinski definition) is 0. The fraction of sp³-hybridized carbons (Fsp3) is 0.250. The lowest BCUT2D eigenvalue weighted by molar-refractivity contribution is 0.594. The van der Waals surface area contributed by atoms with Gasteiger partial charge in [-0.25, -0.2) is 8.42 Å². The zero-order valence-electron chi connectivity index (χ0n) is 12.5. The van der Waals surface area contributed by atoms with E-state index in [9.17, 15) is 8.42 Å². The molecular weight excluding hydrogens is 736 g/mol. The van der Waals surface area contributed by atoms with Gasteiger partial charge in [-0.3, -0.25) is 0 Å². The molecule has 0 bridgehead atoms. The van der Waals surface area contributed by atoms with Gasteiger partial charge in [0.05, 0.1) is 9.79 Å². The standard InChI is InChI=1S/C16H12Br6O2S/c17-15(18,19)9-11-5-1-3-7-13(11)25(23,24)14-8-4-2-6-12(14)10-16(20,21)22/h1-8H,9-10H2. The molecule has 0 radical (unpaired) electrons. The van der Waals surface area contributed by atoms with Gasteiger partial charge in [0.25, 0.3) is 0 Å². The SMILES string of the molecule is O=S(=O)(c1ccccc1CC(Br)(Br)Br)c1ccccc1CC(Br)(Br)Br. The third-order valence-corrected chi connectivity index (χ3v) is 6.94. The fourth-order valence-electron chi connectivity index (χ4n) is 2.37. The van der Waals surface area contributed by atoms with Crippen molar-refractivity contribution in [1.29, 1.82) is 0 Å². The quantitative estimate of drug-likeness (QED) is 0.309. The first kappa shape index (κ1) is 22.6. The molecule has 0 aliphatic rings. The molecule has 0 fully saturated rings. The van der Waals surface area contributed by atoms with Crippen LogP contribution in [-0.4, -0.2) is 12.7 Å². The summed E-state index contributed by atoms with van der Waals surface area (Å²) in [4.78, 5) is 0.601. The second-order valence-electron chi connectivity index (χ2n) is 5.30. The normalized spacial score (nSPS) is 13.0. The van der Waals surface area contributed by atoms with E-state index in [1.807, 2.05) is 24.3 Å². The van der Waals surface area contributed by atoms with Crippen LogP contribution < -0.4 is 0 Å². The smallest absolute Gasteiger partial charge is 0.207 e. The Hall–Kier alpha value is 1.27. The summed E-state index contributed by atoms with van der Waals surface area (Å²) in [5.41, 5.74) is 1.43. The number of rotatable bonds is 4. The van der Waals surface area contributed by atoms with Gasteiger partial charge in [-0.1, -0.05) is 132 Å². The molecule has 2 nitrogen and oxygen atoms in total. The second-order valence-corrected chi connectivity index (χ2v) is 21.7. The maximum absolute atomic E-state index is 13.4. The minimum atomic E-state index is -3.67. The Balaban J connectivity index is 2.58. The van der Waals surface area contributed by atoms with Gasteiger partial charge in [0.2, 0.25) is 9.84 Å². The van der Waals surface area contributed by atoms with Gasteiger partial charge in [0.1, 0.15) is 4.29 Å². The van der Waals surface area contributed by atoms with Crippen molar-refractivity contribution in [2.75, 3.05) is 0 Å². The lowest BCUT2D eigenvalue weighted by atomic mass is 10.2. The van der Waals surface area contributed by atoms with Crippen molar-refractivity contribution in [3.8, 4) is 0 Å². The maximum atomic E-state index is 13.4. The van der Waals surface area contributed by atoms with E-state index in [1.165, 1.54) is 0 Å². The van der Waals surface area contributed by atoms with Crippen molar-refractivity contribution in [3.63, 3.8) is 0 Å². The summed E-state index contributed by atoms with van der Waals surface area (Å²) in [5, 5.41) is 0. The molecule has 0 heterocycles. The summed E-state index contributed by atoms with van der Waals surface area (Å²) in [5.74, 6) is 0. The van der Waals surface area contributed by atoms with E-state index < -0.39 is 14.1 Å². The fourth-order valence-corrected chi connectivity index (χ4v) is 5.91. The molecule has 0 unspecified atom stereocenters. The average Bonchev–Trinajstić information content (AvgIpc) is 2.44. The van der Waals surface area contributed by atoms with Gasteiger partial charge in [-0.05, 0) is 23.3 Å². The Labute approximate surface area is 198 Å². The Bertz CT molecular complexity index is 788. The number of alkyl halides is 6. The van der Waals surface area contributed by atoms with Crippen LogP contribution in [0.5, 0.6) is 0 Å². The van der Waals surface area contributed by atoms with E-state index in [4.69, 9.17) is 0 Å². The first-order chi connectivity index (χ1) is 11.4. The number of sulfone groups is 1. The highest BCUT2D eigenvalue weighted by atomic mass is 80.0. The summed E-state index contributed by atoms with van der Waals surface area (Å²) in [6, 6.07) is 14.1. The van der Waals surface area contributed by atoms with Crippen molar-refractivity contribution >= 4 is 105 Å². The molecule has 0 amide bonds. The van der Waals surface area contributed by atoms with Crippen LogP contribution in [-0.2, 0) is 22.7 Å². The summed E-state index contributed by atoms with van der Waals surface area (Å²) in [6.45, 7) is 0. The lowest BCUT2D eigenvalue weighted by Gasteiger charge is -2.18. The molecule has 0 N–H and O–H groups in total. The van der Waals surface area contributed by atoms with Gasteiger partial charge >= 0.3 is 0 Å². The van der Waals surface area contributed by atoms with E-state index in [0.29, 0.717) is 33.8 Å². The molecule has 25 heavy (non-hydrogen) atoms. The largest absolute Gasteiger partial charge is 0.218 e. The highest BCUT2D eigenvalue weighted by Gasteiger charge is 2.29. The summed E-state index contributed by atoms with van der Waals surface area (Å²) in [6.07, 6.45) is 0.897. The number of halogens is 6. The van der Waals surface area contributed by atoms with Crippen molar-refractivity contribution in [1.82, 2.24) is 0 Å². The van der Waals surface area contributed by atoms with Crippen molar-refractivity contribution in [2.24, 2.45) is 0 Å². The van der Waals surface area contributed by atoms with Gasteiger partial charge in [-0.15, -0.1) is 0 Å². The van der Waals surface area contributed by atoms with Crippen molar-refractivity contribution in [2.45, 2.75) is 26.9 Å². The van der Waals surface area contributed by atoms with E-state index >= 15 is 0 Å². The van der Waals surface area contributed by atoms with E-state index in [0.717, 1.165) is 0 Å². The Morgan fingerprint density at radius 3 is 1.28 bits per heavy atom. The molecule has 136 valence electrons. The predicted octanol–water partition coefficient (Wildman–Crippen LogP) is 7.28. The Morgan fingerprint density at radius 1 is 0.640 bits per heavy atom. The molecule has 2 rings (SSSR count). The van der Waals surface area contributed by atoms with Crippen LogP contribution in [0.25, 0.3) is 0 Å². The van der Waals surface area contributed by atoms with Crippen LogP contribution in [0.4, 0.5) is 0 Å². The molecule has 0 atom stereocenters. The molecule has 0 aromatic heterocycles. The first-order valence-electron chi connectivity index (χ1n) is 6.94. The molecule has 0 saturated heterocycles. The van der Waals surface area contributed by atoms with E-state index in [-0.39, 0.29) is 0 Å². The number of benzene rings is 2. The van der Waals surface area contributed by atoms with Gasteiger partial charge in [0, 0.05) is 12.8 Å². The first-order valence-corrected chi connectivity index (χ1v) is 13.2. The van der Waals surface area contributed by atoms with Gasteiger partial charge in [-0.2, -0.15) is 0 Å². The van der Waals surface area contributed by atoms with Gasteiger partial charge in [0.15, 0.2) is 0 Å². The third kappa shape index (κ3) is 6.68. The minimum Gasteiger partial charge on any atom is -0.218 e. The van der Waals surface area contributed by atoms with Crippen LogP contribution in [0.2, 0.25) is 0 Å². The van der Waals surface area contributed by atoms with E-state index in [2.05, 4.69) is 95.6 Å². The van der Waals surface area contributed by atoms with Crippen LogP contribution in [0.3, 0.4) is 0 Å². The van der Waals surface area contributed by atoms with Crippen LogP contribution in [0.1, 0.15) is 11.1 Å². The highest BCUT2D eigenvalue weighted by Crippen LogP contribution is 2.41. The zero-order chi connectivity index (χ0) is 18.9. The number of hydrogen-bond acceptors (Lipinski definition) is 2. The second kappa shape index (κ2) is 8.74. The van der Waals surface area contributed by atoms with Crippen LogP contribution in [0.15, 0.2) is 58.3 Å². The predicted molar refractivity (Wildman–Crippen MR) is 125 cm³/mol. The van der Waals surface area contributed by atoms with Gasteiger partial charge < -0.3 is 0 Å².